The van der Waals surface area contributed by atoms with Crippen LogP contribution in [0.3, 0.4) is 0 Å². The molecule has 0 spiro atoms. The lowest BCUT2D eigenvalue weighted by Crippen LogP contribution is -2.50. The first-order chi connectivity index (χ1) is 6.32. The maximum atomic E-state index is 11.6. The molecule has 1 fully saturated rings. The van der Waals surface area contributed by atoms with Gasteiger partial charge in [-0.15, -0.1) is 0 Å². The Morgan fingerprint density at radius 1 is 1.43 bits per heavy atom. The van der Waals surface area contributed by atoms with Gasteiger partial charge in [-0.2, -0.15) is 0 Å². The van der Waals surface area contributed by atoms with Crippen LogP contribution >= 0.6 is 0 Å². The summed E-state index contributed by atoms with van der Waals surface area (Å²) >= 11 is 0. The zero-order valence-electron chi connectivity index (χ0n) is 9.50. The molecule has 1 aliphatic carbocycles. The Balaban J connectivity index is 2.31. The largest absolute Gasteiger partial charge is 0.390 e. The lowest BCUT2D eigenvalue weighted by atomic mass is 9.71. The molecule has 3 nitrogen and oxygen atoms in total. The Labute approximate surface area is 85.9 Å². The maximum absolute atomic E-state index is 11.6. The monoisotopic (exact) mass is 199 g/mol. The van der Waals surface area contributed by atoms with Gasteiger partial charge < -0.3 is 10.4 Å². The summed E-state index contributed by atoms with van der Waals surface area (Å²) in [5.74, 6) is 0.573. The Bertz CT molecular complexity index is 215. The molecule has 82 valence electrons. The van der Waals surface area contributed by atoms with Crippen molar-refractivity contribution in [1.82, 2.24) is 5.32 Å². The van der Waals surface area contributed by atoms with E-state index in [1.807, 2.05) is 6.92 Å². The third-order valence-corrected chi connectivity index (χ3v) is 3.11. The molecule has 0 radical (unpaired) electrons. The highest BCUT2D eigenvalue weighted by molar-refractivity contribution is 5.80. The summed E-state index contributed by atoms with van der Waals surface area (Å²) in [6, 6.07) is 0.216. The van der Waals surface area contributed by atoms with E-state index in [1.165, 1.54) is 0 Å². The molecule has 1 amide bonds. The second-order valence-electron chi connectivity index (χ2n) is 5.14. The molecule has 0 saturated heterocycles. The van der Waals surface area contributed by atoms with Crippen molar-refractivity contribution in [3.05, 3.63) is 0 Å². The van der Waals surface area contributed by atoms with Crippen molar-refractivity contribution >= 4 is 5.91 Å². The molecule has 14 heavy (non-hydrogen) atoms. The van der Waals surface area contributed by atoms with Crippen LogP contribution in [0.5, 0.6) is 0 Å². The van der Waals surface area contributed by atoms with Crippen molar-refractivity contribution < 1.29 is 9.90 Å². The molecule has 1 atom stereocenters. The third-order valence-electron chi connectivity index (χ3n) is 3.11. The fraction of sp³-hybridized carbons (Fsp3) is 0.909. The molecular formula is C11H21NO2. The van der Waals surface area contributed by atoms with E-state index in [2.05, 4.69) is 19.2 Å². The molecule has 0 aromatic carbocycles. The van der Waals surface area contributed by atoms with Gasteiger partial charge in [-0.1, -0.05) is 13.8 Å². The van der Waals surface area contributed by atoms with Crippen molar-refractivity contribution in [3.8, 4) is 0 Å². The Morgan fingerprint density at radius 2 is 1.93 bits per heavy atom. The van der Waals surface area contributed by atoms with Crippen molar-refractivity contribution in [2.45, 2.75) is 52.2 Å². The number of hydrogen-bond acceptors (Lipinski definition) is 2. The predicted molar refractivity (Wildman–Crippen MR) is 55.8 cm³/mol. The Kier molecular flexibility index (Phi) is 3.20. The summed E-state index contributed by atoms with van der Waals surface area (Å²) in [5.41, 5.74) is -0.608. The molecule has 0 heterocycles. The number of hydrogen-bond donors (Lipinski definition) is 2. The number of aliphatic hydroxyl groups is 1. The minimum Gasteiger partial charge on any atom is -0.390 e. The van der Waals surface area contributed by atoms with E-state index in [4.69, 9.17) is 0 Å². The normalized spacial score (nSPS) is 33.7. The first kappa shape index (κ1) is 11.5. The molecule has 2 N–H and O–H groups in total. The zero-order valence-corrected chi connectivity index (χ0v) is 9.50. The van der Waals surface area contributed by atoms with Crippen molar-refractivity contribution in [2.75, 3.05) is 0 Å². The van der Waals surface area contributed by atoms with Gasteiger partial charge in [-0.25, -0.2) is 0 Å². The molecular weight excluding hydrogens is 178 g/mol. The number of nitrogens with one attached hydrogen (secondary N) is 1. The highest BCUT2D eigenvalue weighted by Gasteiger charge is 2.42. The fourth-order valence-corrected chi connectivity index (χ4v) is 1.70. The smallest absolute Gasteiger partial charge is 0.223 e. The minimum atomic E-state index is -0.608. The SMILES string of the molecule is CC(C)[C@@H](C)NC(=O)[C@H]1C[C@@](C)(O)C1. The van der Waals surface area contributed by atoms with Gasteiger partial charge in [0.1, 0.15) is 0 Å². The summed E-state index contributed by atoms with van der Waals surface area (Å²) in [6.45, 7) is 7.96. The molecule has 0 unspecified atom stereocenters. The molecule has 1 rings (SSSR count). The second kappa shape index (κ2) is 3.89. The van der Waals surface area contributed by atoms with Crippen molar-refractivity contribution in [2.24, 2.45) is 11.8 Å². The van der Waals surface area contributed by atoms with Crippen LogP contribution in [-0.4, -0.2) is 22.7 Å². The molecule has 1 aliphatic rings. The van der Waals surface area contributed by atoms with E-state index >= 15 is 0 Å². The van der Waals surface area contributed by atoms with E-state index in [0.717, 1.165) is 0 Å². The average molecular weight is 199 g/mol. The van der Waals surface area contributed by atoms with Crippen LogP contribution in [0.4, 0.5) is 0 Å². The topological polar surface area (TPSA) is 49.3 Å². The molecule has 1 saturated carbocycles. The van der Waals surface area contributed by atoms with E-state index in [9.17, 15) is 9.90 Å². The van der Waals surface area contributed by atoms with E-state index in [0.29, 0.717) is 18.8 Å². The van der Waals surface area contributed by atoms with E-state index in [1.54, 1.807) is 6.92 Å². The van der Waals surface area contributed by atoms with Crippen LogP contribution in [0, 0.1) is 11.8 Å². The van der Waals surface area contributed by atoms with Gasteiger partial charge in [0.15, 0.2) is 0 Å². The number of amides is 1. The third kappa shape index (κ3) is 2.71. The fourth-order valence-electron chi connectivity index (χ4n) is 1.70. The number of carbonyl (C=O) groups is 1. The lowest BCUT2D eigenvalue weighted by Gasteiger charge is -2.40. The minimum absolute atomic E-state index is 0.0196. The van der Waals surface area contributed by atoms with Crippen LogP contribution in [0.25, 0.3) is 0 Å². The van der Waals surface area contributed by atoms with Crippen molar-refractivity contribution in [3.63, 3.8) is 0 Å². The summed E-state index contributed by atoms with van der Waals surface area (Å²) in [5, 5.41) is 12.5. The molecule has 0 aromatic rings. The van der Waals surface area contributed by atoms with Gasteiger partial charge in [-0.3, -0.25) is 4.79 Å². The molecule has 0 aliphatic heterocycles. The first-order valence-corrected chi connectivity index (χ1v) is 5.34. The van der Waals surface area contributed by atoms with Gasteiger partial charge in [0.05, 0.1) is 5.60 Å². The van der Waals surface area contributed by atoms with Crippen LogP contribution in [0.15, 0.2) is 0 Å². The van der Waals surface area contributed by atoms with Gasteiger partial charge in [0, 0.05) is 12.0 Å². The number of rotatable bonds is 3. The van der Waals surface area contributed by atoms with Gasteiger partial charge in [0.25, 0.3) is 0 Å². The quantitative estimate of drug-likeness (QED) is 0.720. The number of carbonyl (C=O) groups excluding carboxylic acids is 1. The van der Waals surface area contributed by atoms with E-state index in [-0.39, 0.29) is 17.9 Å². The standard InChI is InChI=1S/C11H21NO2/c1-7(2)8(3)12-10(13)9-5-11(4,14)6-9/h7-9,14H,5-6H2,1-4H3,(H,12,13)/t8-,9-,11+/m1/s1. The van der Waals surface area contributed by atoms with E-state index < -0.39 is 5.60 Å². The van der Waals surface area contributed by atoms with Gasteiger partial charge in [0.2, 0.25) is 5.91 Å². The van der Waals surface area contributed by atoms with Crippen LogP contribution in [-0.2, 0) is 4.79 Å². The second-order valence-corrected chi connectivity index (χ2v) is 5.14. The summed E-state index contributed by atoms with van der Waals surface area (Å²) in [4.78, 5) is 11.6. The summed E-state index contributed by atoms with van der Waals surface area (Å²) in [6.07, 6.45) is 1.20. The first-order valence-electron chi connectivity index (χ1n) is 5.34. The Morgan fingerprint density at radius 3 is 2.29 bits per heavy atom. The molecule has 3 heteroatoms. The average Bonchev–Trinajstić information content (AvgIpc) is 1.99. The van der Waals surface area contributed by atoms with Gasteiger partial charge >= 0.3 is 0 Å². The van der Waals surface area contributed by atoms with Crippen LogP contribution < -0.4 is 5.32 Å². The summed E-state index contributed by atoms with van der Waals surface area (Å²) < 4.78 is 0. The Hall–Kier alpha value is -0.570. The highest BCUT2D eigenvalue weighted by Crippen LogP contribution is 2.37. The van der Waals surface area contributed by atoms with Gasteiger partial charge in [-0.05, 0) is 32.6 Å². The summed E-state index contributed by atoms with van der Waals surface area (Å²) in [7, 11) is 0. The lowest BCUT2D eigenvalue weighted by molar-refractivity contribution is -0.139. The van der Waals surface area contributed by atoms with Crippen LogP contribution in [0.2, 0.25) is 0 Å². The van der Waals surface area contributed by atoms with Crippen molar-refractivity contribution in [1.29, 1.82) is 0 Å². The predicted octanol–water partition coefficient (Wildman–Crippen LogP) is 1.31. The highest BCUT2D eigenvalue weighted by atomic mass is 16.3. The zero-order chi connectivity index (χ0) is 10.9. The van der Waals surface area contributed by atoms with Crippen LogP contribution in [0.1, 0.15) is 40.5 Å². The molecule has 0 aromatic heterocycles. The maximum Gasteiger partial charge on any atom is 0.223 e. The molecule has 0 bridgehead atoms.